The Hall–Kier alpha value is -1.95. The number of hydrogen-bond donors (Lipinski definition) is 1. The van der Waals surface area contributed by atoms with Gasteiger partial charge in [-0.3, -0.25) is 9.59 Å². The van der Waals surface area contributed by atoms with Crippen molar-refractivity contribution in [3.8, 4) is 0 Å². The number of amides is 1. The first-order valence-electron chi connectivity index (χ1n) is 7.85. The molecule has 1 amide bonds. The molecule has 1 saturated heterocycles. The summed E-state index contributed by atoms with van der Waals surface area (Å²) in [6.45, 7) is 2.76. The zero-order chi connectivity index (χ0) is 16.8. The van der Waals surface area contributed by atoms with Crippen LogP contribution in [0, 0.1) is 5.82 Å². The molecule has 6 heteroatoms. The molecule has 2 rings (SSSR count). The Balaban J connectivity index is 2.10. The molecule has 1 fully saturated rings. The zero-order valence-corrected chi connectivity index (χ0v) is 13.2. The second kappa shape index (κ2) is 8.06. The molecule has 1 N–H and O–H groups in total. The molecule has 0 aromatic heterocycles. The van der Waals surface area contributed by atoms with Gasteiger partial charge in [0.15, 0.2) is 0 Å². The summed E-state index contributed by atoms with van der Waals surface area (Å²) < 4.78 is 19.4. The maximum absolute atomic E-state index is 13.9. The maximum atomic E-state index is 13.9. The zero-order valence-electron chi connectivity index (χ0n) is 13.2. The van der Waals surface area contributed by atoms with E-state index in [0.29, 0.717) is 18.7 Å². The van der Waals surface area contributed by atoms with Gasteiger partial charge >= 0.3 is 5.97 Å². The minimum Gasteiger partial charge on any atom is -0.481 e. The Morgan fingerprint density at radius 3 is 2.78 bits per heavy atom. The van der Waals surface area contributed by atoms with Crippen LogP contribution in [0.25, 0.3) is 0 Å². The summed E-state index contributed by atoms with van der Waals surface area (Å²) in [6.07, 6.45) is 1.59. The summed E-state index contributed by atoms with van der Waals surface area (Å²) in [7, 11) is 0. The molecule has 0 saturated carbocycles. The van der Waals surface area contributed by atoms with Gasteiger partial charge in [0.1, 0.15) is 5.82 Å². The Morgan fingerprint density at radius 2 is 2.17 bits per heavy atom. The van der Waals surface area contributed by atoms with Gasteiger partial charge in [-0.15, -0.1) is 0 Å². The molecule has 0 aliphatic carbocycles. The average Bonchev–Trinajstić information content (AvgIpc) is 3.03. The molecule has 1 aromatic rings. The molecule has 0 bridgehead atoms. The topological polar surface area (TPSA) is 66.8 Å². The van der Waals surface area contributed by atoms with Gasteiger partial charge in [0, 0.05) is 19.7 Å². The van der Waals surface area contributed by atoms with Crippen molar-refractivity contribution in [2.24, 2.45) is 0 Å². The molecule has 0 radical (unpaired) electrons. The van der Waals surface area contributed by atoms with E-state index in [2.05, 4.69) is 0 Å². The monoisotopic (exact) mass is 323 g/mol. The Bertz CT molecular complexity index is 557. The minimum absolute atomic E-state index is 0.0689. The lowest BCUT2D eigenvalue weighted by Crippen LogP contribution is -2.41. The van der Waals surface area contributed by atoms with Crippen molar-refractivity contribution in [2.45, 2.75) is 38.2 Å². The van der Waals surface area contributed by atoms with Crippen molar-refractivity contribution in [1.29, 1.82) is 0 Å². The lowest BCUT2D eigenvalue weighted by atomic mass is 9.98. The number of carboxylic acids is 1. The number of carbonyl (C=O) groups is 2. The first-order valence-corrected chi connectivity index (χ1v) is 7.85. The Morgan fingerprint density at radius 1 is 1.43 bits per heavy atom. The van der Waals surface area contributed by atoms with Crippen molar-refractivity contribution >= 4 is 11.9 Å². The van der Waals surface area contributed by atoms with Gasteiger partial charge in [-0.05, 0) is 31.4 Å². The average molecular weight is 323 g/mol. The predicted octanol–water partition coefficient (Wildman–Crippen LogP) is 2.41. The van der Waals surface area contributed by atoms with Crippen molar-refractivity contribution in [1.82, 2.24) is 4.90 Å². The second-order valence-corrected chi connectivity index (χ2v) is 5.81. The van der Waals surface area contributed by atoms with Crippen LogP contribution in [-0.4, -0.2) is 47.7 Å². The third kappa shape index (κ3) is 4.76. The van der Waals surface area contributed by atoms with Crippen molar-refractivity contribution in [3.63, 3.8) is 0 Å². The van der Waals surface area contributed by atoms with Gasteiger partial charge in [0.25, 0.3) is 0 Å². The molecule has 1 aliphatic rings. The molecule has 2 atom stereocenters. The number of ether oxygens (including phenoxy) is 1. The number of aliphatic carboxylic acids is 1. The van der Waals surface area contributed by atoms with Gasteiger partial charge in [-0.25, -0.2) is 4.39 Å². The number of halogens is 1. The van der Waals surface area contributed by atoms with Crippen molar-refractivity contribution < 1.29 is 23.8 Å². The van der Waals surface area contributed by atoms with Crippen LogP contribution in [0.1, 0.15) is 37.7 Å². The van der Waals surface area contributed by atoms with E-state index in [9.17, 15) is 14.0 Å². The first kappa shape index (κ1) is 17.4. The quantitative estimate of drug-likeness (QED) is 0.837. The number of carbonyl (C=O) groups excluding carboxylic acids is 1. The first-order chi connectivity index (χ1) is 11.0. The highest BCUT2D eigenvalue weighted by Gasteiger charge is 2.28. The van der Waals surface area contributed by atoms with Gasteiger partial charge < -0.3 is 14.7 Å². The number of hydrogen-bond acceptors (Lipinski definition) is 3. The number of carboxylic acid groups (broad SMARTS) is 1. The molecule has 1 aromatic carbocycles. The third-order valence-electron chi connectivity index (χ3n) is 4.10. The normalized spacial score (nSPS) is 18.6. The van der Waals surface area contributed by atoms with Crippen LogP contribution in [0.5, 0.6) is 0 Å². The summed E-state index contributed by atoms with van der Waals surface area (Å²) in [5.74, 6) is -2.32. The lowest BCUT2D eigenvalue weighted by molar-refractivity contribution is -0.139. The summed E-state index contributed by atoms with van der Waals surface area (Å²) in [4.78, 5) is 25.0. The van der Waals surface area contributed by atoms with Crippen LogP contribution >= 0.6 is 0 Å². The van der Waals surface area contributed by atoms with Crippen LogP contribution in [0.2, 0.25) is 0 Å². The van der Waals surface area contributed by atoms with E-state index in [-0.39, 0.29) is 25.0 Å². The van der Waals surface area contributed by atoms with E-state index in [1.54, 1.807) is 25.1 Å². The van der Waals surface area contributed by atoms with E-state index in [0.717, 1.165) is 12.8 Å². The van der Waals surface area contributed by atoms with Crippen LogP contribution in [0.15, 0.2) is 24.3 Å². The van der Waals surface area contributed by atoms with Gasteiger partial charge in [-0.2, -0.15) is 0 Å². The largest absolute Gasteiger partial charge is 0.481 e. The molecular formula is C17H22FNO4. The van der Waals surface area contributed by atoms with Crippen LogP contribution in [-0.2, 0) is 14.3 Å². The summed E-state index contributed by atoms with van der Waals surface area (Å²) in [6, 6.07) is 6.16. The van der Waals surface area contributed by atoms with E-state index in [1.165, 1.54) is 11.0 Å². The van der Waals surface area contributed by atoms with Crippen molar-refractivity contribution in [3.05, 3.63) is 35.6 Å². The molecule has 1 heterocycles. The van der Waals surface area contributed by atoms with Gasteiger partial charge in [0.05, 0.1) is 18.4 Å². The molecule has 0 spiro atoms. The highest BCUT2D eigenvalue weighted by atomic mass is 19.1. The van der Waals surface area contributed by atoms with Crippen LogP contribution in [0.3, 0.4) is 0 Å². The summed E-state index contributed by atoms with van der Waals surface area (Å²) in [5.41, 5.74) is 0.324. The molecule has 5 nitrogen and oxygen atoms in total. The minimum atomic E-state index is -0.964. The van der Waals surface area contributed by atoms with E-state index in [4.69, 9.17) is 9.84 Å². The van der Waals surface area contributed by atoms with Gasteiger partial charge in [0.2, 0.25) is 5.91 Å². The highest BCUT2D eigenvalue weighted by molar-refractivity contribution is 5.83. The number of benzene rings is 1. The molecule has 126 valence electrons. The third-order valence-corrected chi connectivity index (χ3v) is 4.10. The van der Waals surface area contributed by atoms with Crippen LogP contribution < -0.4 is 0 Å². The molecular weight excluding hydrogens is 301 g/mol. The SMILES string of the molecule is C[C@@H](C(=O)N(CCC(=O)O)C[C@H]1CCCO1)c1ccccc1F. The number of nitrogens with zero attached hydrogens (tertiary/aromatic N) is 1. The Labute approximate surface area is 135 Å². The number of rotatable bonds is 7. The fraction of sp³-hybridized carbons (Fsp3) is 0.529. The molecule has 23 heavy (non-hydrogen) atoms. The summed E-state index contributed by atoms with van der Waals surface area (Å²) >= 11 is 0. The lowest BCUT2D eigenvalue weighted by Gasteiger charge is -2.28. The molecule has 0 unspecified atom stereocenters. The van der Waals surface area contributed by atoms with E-state index >= 15 is 0 Å². The summed E-state index contributed by atoms with van der Waals surface area (Å²) in [5, 5.41) is 8.88. The Kier molecular flexibility index (Phi) is 6.10. The standard InChI is InChI=1S/C17H22FNO4/c1-12(14-6-2-3-7-15(14)18)17(22)19(9-8-16(20)21)11-13-5-4-10-23-13/h2-3,6-7,12-13H,4-5,8-11H2,1H3,(H,20,21)/t12-,13-/m1/s1. The smallest absolute Gasteiger partial charge is 0.305 e. The predicted molar refractivity (Wildman–Crippen MR) is 82.6 cm³/mol. The van der Waals surface area contributed by atoms with Crippen molar-refractivity contribution in [2.75, 3.05) is 19.7 Å². The van der Waals surface area contributed by atoms with E-state index in [1.807, 2.05) is 0 Å². The second-order valence-electron chi connectivity index (χ2n) is 5.81. The van der Waals surface area contributed by atoms with Gasteiger partial charge in [-0.1, -0.05) is 18.2 Å². The fourth-order valence-electron chi connectivity index (χ4n) is 2.79. The highest BCUT2D eigenvalue weighted by Crippen LogP contribution is 2.22. The van der Waals surface area contributed by atoms with E-state index < -0.39 is 17.7 Å². The molecule has 1 aliphatic heterocycles. The maximum Gasteiger partial charge on any atom is 0.305 e. The van der Waals surface area contributed by atoms with Crippen LogP contribution in [0.4, 0.5) is 4.39 Å². The fourth-order valence-corrected chi connectivity index (χ4v) is 2.79.